The predicted octanol–water partition coefficient (Wildman–Crippen LogP) is -0.404. The molecule has 0 bridgehead atoms. The van der Waals surface area contributed by atoms with E-state index in [-0.39, 0.29) is 10.9 Å². The van der Waals surface area contributed by atoms with Crippen LogP contribution < -0.4 is 4.72 Å². The van der Waals surface area contributed by atoms with E-state index < -0.39 is 22.0 Å². The highest BCUT2D eigenvalue weighted by Gasteiger charge is 2.25. The molecule has 0 saturated carbocycles. The molecule has 2 heterocycles. The van der Waals surface area contributed by atoms with E-state index in [2.05, 4.69) is 9.82 Å². The van der Waals surface area contributed by atoms with Crippen molar-refractivity contribution in [2.45, 2.75) is 30.3 Å². The van der Waals surface area contributed by atoms with Gasteiger partial charge in [-0.3, -0.25) is 9.48 Å². The van der Waals surface area contributed by atoms with Crippen LogP contribution in [0, 0.1) is 0 Å². The van der Waals surface area contributed by atoms with Crippen LogP contribution in [0.15, 0.2) is 17.3 Å². The second-order valence-electron chi connectivity index (χ2n) is 4.35. The molecule has 1 saturated heterocycles. The molecule has 1 aliphatic rings. The maximum Gasteiger partial charge on any atom is 0.321 e. The Morgan fingerprint density at radius 2 is 2.42 bits per heavy atom. The average Bonchev–Trinajstić information content (AvgIpc) is 2.99. The molecule has 0 amide bonds. The molecule has 0 aromatic carbocycles. The standard InChI is InChI=1S/C10H15N3O5S/c1-7(10(14)15)12-19(16,17)9-4-11-13(5-9)8-2-3-18-6-8/h4-5,7-8,12H,2-3,6H2,1H3,(H,14,15). The monoisotopic (exact) mass is 289 g/mol. The van der Waals surface area contributed by atoms with E-state index in [1.54, 1.807) is 0 Å². The second-order valence-corrected chi connectivity index (χ2v) is 6.07. The molecule has 19 heavy (non-hydrogen) atoms. The Kier molecular flexibility index (Phi) is 3.88. The quantitative estimate of drug-likeness (QED) is 0.763. The molecular formula is C10H15N3O5S. The smallest absolute Gasteiger partial charge is 0.321 e. The van der Waals surface area contributed by atoms with Gasteiger partial charge in [0.25, 0.3) is 0 Å². The van der Waals surface area contributed by atoms with Gasteiger partial charge in [0.15, 0.2) is 0 Å². The van der Waals surface area contributed by atoms with Gasteiger partial charge in [0.05, 0.1) is 18.8 Å². The Labute approximate surface area is 110 Å². The number of carboxylic acid groups (broad SMARTS) is 1. The molecule has 8 nitrogen and oxygen atoms in total. The molecule has 106 valence electrons. The number of rotatable bonds is 5. The molecule has 1 aromatic heterocycles. The first-order valence-electron chi connectivity index (χ1n) is 5.77. The number of aromatic nitrogens is 2. The highest BCUT2D eigenvalue weighted by Crippen LogP contribution is 2.19. The van der Waals surface area contributed by atoms with Crippen molar-refractivity contribution in [3.63, 3.8) is 0 Å². The van der Waals surface area contributed by atoms with Gasteiger partial charge < -0.3 is 9.84 Å². The summed E-state index contributed by atoms with van der Waals surface area (Å²) in [7, 11) is -3.87. The Bertz CT molecular complexity index is 561. The van der Waals surface area contributed by atoms with Gasteiger partial charge in [-0.15, -0.1) is 0 Å². The van der Waals surface area contributed by atoms with E-state index in [0.717, 1.165) is 6.42 Å². The summed E-state index contributed by atoms with van der Waals surface area (Å²) in [5, 5.41) is 12.7. The summed E-state index contributed by atoms with van der Waals surface area (Å²) >= 11 is 0. The summed E-state index contributed by atoms with van der Waals surface area (Å²) in [6.07, 6.45) is 3.37. The molecule has 1 fully saturated rings. The van der Waals surface area contributed by atoms with E-state index in [9.17, 15) is 13.2 Å². The summed E-state index contributed by atoms with van der Waals surface area (Å²) in [6.45, 7) is 2.39. The van der Waals surface area contributed by atoms with Gasteiger partial charge >= 0.3 is 5.97 Å². The largest absolute Gasteiger partial charge is 0.480 e. The van der Waals surface area contributed by atoms with Crippen LogP contribution >= 0.6 is 0 Å². The van der Waals surface area contributed by atoms with Gasteiger partial charge in [0.2, 0.25) is 10.0 Å². The van der Waals surface area contributed by atoms with Crippen molar-refractivity contribution in [2.24, 2.45) is 0 Å². The van der Waals surface area contributed by atoms with Gasteiger partial charge in [-0.1, -0.05) is 0 Å². The topological polar surface area (TPSA) is 111 Å². The third kappa shape index (κ3) is 3.11. The number of sulfonamides is 1. The summed E-state index contributed by atoms with van der Waals surface area (Å²) in [5.41, 5.74) is 0. The minimum atomic E-state index is -3.87. The zero-order valence-corrected chi connectivity index (χ0v) is 11.1. The van der Waals surface area contributed by atoms with Crippen LogP contribution in [-0.4, -0.2) is 48.5 Å². The van der Waals surface area contributed by atoms with Crippen molar-refractivity contribution >= 4 is 16.0 Å². The number of aliphatic carboxylic acids is 1. The van der Waals surface area contributed by atoms with E-state index in [4.69, 9.17) is 9.84 Å². The number of ether oxygens (including phenoxy) is 1. The lowest BCUT2D eigenvalue weighted by molar-refractivity contribution is -0.138. The maximum absolute atomic E-state index is 11.9. The van der Waals surface area contributed by atoms with Gasteiger partial charge in [0.1, 0.15) is 10.9 Å². The van der Waals surface area contributed by atoms with Crippen molar-refractivity contribution < 1.29 is 23.1 Å². The minimum absolute atomic E-state index is 0.0286. The van der Waals surface area contributed by atoms with Crippen LogP contribution in [0.3, 0.4) is 0 Å². The van der Waals surface area contributed by atoms with Crippen molar-refractivity contribution in [3.8, 4) is 0 Å². The fraction of sp³-hybridized carbons (Fsp3) is 0.600. The lowest BCUT2D eigenvalue weighted by atomic mass is 10.3. The second kappa shape index (κ2) is 5.27. The SMILES string of the molecule is CC(NS(=O)(=O)c1cnn(C2CCOC2)c1)C(=O)O. The molecule has 2 N–H and O–H groups in total. The lowest BCUT2D eigenvalue weighted by Gasteiger charge is -2.09. The molecule has 0 radical (unpaired) electrons. The third-order valence-corrected chi connectivity index (χ3v) is 4.37. The normalized spacial score (nSPS) is 21.4. The highest BCUT2D eigenvalue weighted by molar-refractivity contribution is 7.89. The summed E-state index contributed by atoms with van der Waals surface area (Å²) in [6, 6.07) is -1.16. The van der Waals surface area contributed by atoms with Crippen LogP contribution in [-0.2, 0) is 19.6 Å². The van der Waals surface area contributed by atoms with E-state index in [0.29, 0.717) is 13.2 Å². The van der Waals surface area contributed by atoms with Gasteiger partial charge in [-0.2, -0.15) is 9.82 Å². The number of hydrogen-bond acceptors (Lipinski definition) is 5. The molecular weight excluding hydrogens is 274 g/mol. The van der Waals surface area contributed by atoms with Crippen LogP contribution in [0.25, 0.3) is 0 Å². The number of carbonyl (C=O) groups is 1. The van der Waals surface area contributed by atoms with Crippen molar-refractivity contribution in [1.82, 2.24) is 14.5 Å². The molecule has 2 unspecified atom stereocenters. The Morgan fingerprint density at radius 3 is 3.00 bits per heavy atom. The fourth-order valence-electron chi connectivity index (χ4n) is 1.74. The summed E-state index contributed by atoms with van der Waals surface area (Å²) in [4.78, 5) is 10.6. The molecule has 1 aromatic rings. The van der Waals surface area contributed by atoms with Crippen molar-refractivity contribution in [1.29, 1.82) is 0 Å². The van der Waals surface area contributed by atoms with Gasteiger partial charge in [-0.05, 0) is 13.3 Å². The predicted molar refractivity (Wildman–Crippen MR) is 64.1 cm³/mol. The first kappa shape index (κ1) is 14.0. The number of hydrogen-bond donors (Lipinski definition) is 2. The van der Waals surface area contributed by atoms with Crippen molar-refractivity contribution in [3.05, 3.63) is 12.4 Å². The summed E-state index contributed by atoms with van der Waals surface area (Å²) < 4.78 is 32.6. The third-order valence-electron chi connectivity index (χ3n) is 2.87. The molecule has 1 aliphatic heterocycles. The lowest BCUT2D eigenvalue weighted by Crippen LogP contribution is -2.38. The Morgan fingerprint density at radius 1 is 1.68 bits per heavy atom. The van der Waals surface area contributed by atoms with E-state index in [1.165, 1.54) is 24.0 Å². The zero-order chi connectivity index (χ0) is 14.0. The van der Waals surface area contributed by atoms with Crippen molar-refractivity contribution in [2.75, 3.05) is 13.2 Å². The Balaban J connectivity index is 2.14. The van der Waals surface area contributed by atoms with Crippen LogP contribution in [0.1, 0.15) is 19.4 Å². The zero-order valence-electron chi connectivity index (χ0n) is 10.3. The number of nitrogens with one attached hydrogen (secondary N) is 1. The first-order valence-corrected chi connectivity index (χ1v) is 7.25. The number of carboxylic acids is 1. The molecule has 0 spiro atoms. The van der Waals surface area contributed by atoms with Crippen LogP contribution in [0.4, 0.5) is 0 Å². The molecule has 2 atom stereocenters. The van der Waals surface area contributed by atoms with E-state index in [1.807, 2.05) is 0 Å². The average molecular weight is 289 g/mol. The minimum Gasteiger partial charge on any atom is -0.480 e. The maximum atomic E-state index is 11.9. The molecule has 9 heteroatoms. The first-order chi connectivity index (χ1) is 8.90. The van der Waals surface area contributed by atoms with Crippen LogP contribution in [0.5, 0.6) is 0 Å². The number of nitrogens with zero attached hydrogens (tertiary/aromatic N) is 2. The molecule has 0 aliphatic carbocycles. The van der Waals surface area contributed by atoms with Crippen LogP contribution in [0.2, 0.25) is 0 Å². The highest BCUT2D eigenvalue weighted by atomic mass is 32.2. The fourth-order valence-corrected chi connectivity index (χ4v) is 2.88. The van der Waals surface area contributed by atoms with E-state index >= 15 is 0 Å². The Hall–Kier alpha value is -1.45. The van der Waals surface area contributed by atoms with Gasteiger partial charge in [-0.25, -0.2) is 8.42 Å². The summed E-state index contributed by atoms with van der Waals surface area (Å²) in [5.74, 6) is -1.24. The molecule has 2 rings (SSSR count). The van der Waals surface area contributed by atoms with Gasteiger partial charge in [0, 0.05) is 12.8 Å².